The molecule has 1 saturated heterocycles. The average Bonchev–Trinajstić information content (AvgIpc) is 2.76. The van der Waals surface area contributed by atoms with Gasteiger partial charge in [-0.3, -0.25) is 4.79 Å². The van der Waals surface area contributed by atoms with E-state index in [1.807, 2.05) is 0 Å². The third-order valence-electron chi connectivity index (χ3n) is 2.36. The van der Waals surface area contributed by atoms with E-state index in [0.29, 0.717) is 18.9 Å². The number of carbonyl (C=O) groups excluding carboxylic acids is 1. The van der Waals surface area contributed by atoms with Gasteiger partial charge in [0.15, 0.2) is 5.15 Å². The van der Waals surface area contributed by atoms with Crippen LogP contribution >= 0.6 is 27.5 Å². The maximum atomic E-state index is 11.8. The molecule has 0 spiro atoms. The molecule has 1 unspecified atom stereocenters. The van der Waals surface area contributed by atoms with Crippen LogP contribution in [0.25, 0.3) is 0 Å². The van der Waals surface area contributed by atoms with Gasteiger partial charge >= 0.3 is 0 Å². The highest BCUT2D eigenvalue weighted by Crippen LogP contribution is 2.24. The molecule has 1 aliphatic rings. The lowest BCUT2D eigenvalue weighted by Crippen LogP contribution is -2.23. The molecule has 1 N–H and O–H groups in total. The summed E-state index contributed by atoms with van der Waals surface area (Å²) in [7, 11) is 0. The van der Waals surface area contributed by atoms with Crippen molar-refractivity contribution in [2.24, 2.45) is 5.92 Å². The minimum absolute atomic E-state index is 0.0701. The summed E-state index contributed by atoms with van der Waals surface area (Å²) in [6.45, 7) is 1.12. The Balaban J connectivity index is 2.07. The van der Waals surface area contributed by atoms with Crippen molar-refractivity contribution in [2.45, 2.75) is 6.42 Å². The topological polar surface area (TPSA) is 51.2 Å². The molecular weight excluding hydrogens is 295 g/mol. The fourth-order valence-electron chi connectivity index (χ4n) is 1.49. The van der Waals surface area contributed by atoms with Gasteiger partial charge in [0.25, 0.3) is 0 Å². The van der Waals surface area contributed by atoms with Crippen molar-refractivity contribution < 1.29 is 9.53 Å². The van der Waals surface area contributed by atoms with E-state index in [1.54, 1.807) is 12.3 Å². The fourth-order valence-corrected chi connectivity index (χ4v) is 1.97. The quantitative estimate of drug-likeness (QED) is 0.854. The Morgan fingerprint density at radius 1 is 1.69 bits per heavy atom. The third kappa shape index (κ3) is 2.72. The first kappa shape index (κ1) is 11.8. The average molecular weight is 306 g/mol. The first-order valence-corrected chi connectivity index (χ1v) is 6.03. The standard InChI is InChI=1S/C10H10BrClN2O2/c11-7-3-8(9(12)13-4-7)14-10(15)6-1-2-16-5-6/h3-4,6H,1-2,5H2,(H,14,15). The molecule has 0 bridgehead atoms. The van der Waals surface area contributed by atoms with E-state index in [-0.39, 0.29) is 17.0 Å². The lowest BCUT2D eigenvalue weighted by atomic mass is 10.1. The maximum Gasteiger partial charge on any atom is 0.229 e. The number of ether oxygens (including phenoxy) is 1. The Morgan fingerprint density at radius 2 is 2.50 bits per heavy atom. The summed E-state index contributed by atoms with van der Waals surface area (Å²) in [6, 6.07) is 1.73. The van der Waals surface area contributed by atoms with Crippen molar-refractivity contribution in [3.05, 3.63) is 21.9 Å². The molecule has 1 aromatic heterocycles. The number of nitrogens with one attached hydrogen (secondary N) is 1. The largest absolute Gasteiger partial charge is 0.381 e. The molecule has 0 aromatic carbocycles. The Labute approximate surface area is 106 Å². The highest BCUT2D eigenvalue weighted by Gasteiger charge is 2.24. The maximum absolute atomic E-state index is 11.8. The van der Waals surface area contributed by atoms with E-state index in [2.05, 4.69) is 26.2 Å². The van der Waals surface area contributed by atoms with E-state index >= 15 is 0 Å². The van der Waals surface area contributed by atoms with Gasteiger partial charge in [0.1, 0.15) is 0 Å². The van der Waals surface area contributed by atoms with Gasteiger partial charge in [-0.15, -0.1) is 0 Å². The second-order valence-corrected chi connectivity index (χ2v) is 4.82. The highest BCUT2D eigenvalue weighted by molar-refractivity contribution is 9.10. The predicted molar refractivity (Wildman–Crippen MR) is 64.5 cm³/mol. The van der Waals surface area contributed by atoms with Gasteiger partial charge in [-0.05, 0) is 28.4 Å². The van der Waals surface area contributed by atoms with Crippen molar-refractivity contribution in [3.63, 3.8) is 0 Å². The van der Waals surface area contributed by atoms with Gasteiger partial charge in [-0.1, -0.05) is 11.6 Å². The predicted octanol–water partition coefficient (Wildman–Crippen LogP) is 2.47. The zero-order chi connectivity index (χ0) is 11.5. The van der Waals surface area contributed by atoms with E-state index in [1.165, 1.54) is 0 Å². The van der Waals surface area contributed by atoms with Gasteiger partial charge in [0.05, 0.1) is 18.2 Å². The summed E-state index contributed by atoms with van der Waals surface area (Å²) in [6.07, 6.45) is 2.33. The van der Waals surface area contributed by atoms with Crippen LogP contribution in [-0.4, -0.2) is 24.1 Å². The molecule has 1 aromatic rings. The molecule has 0 aliphatic carbocycles. The van der Waals surface area contributed by atoms with E-state index in [4.69, 9.17) is 16.3 Å². The molecule has 2 heterocycles. The summed E-state index contributed by atoms with van der Waals surface area (Å²) in [5.41, 5.74) is 0.521. The lowest BCUT2D eigenvalue weighted by molar-refractivity contribution is -0.119. The molecule has 0 saturated carbocycles. The molecule has 0 radical (unpaired) electrons. The second kappa shape index (κ2) is 5.12. The summed E-state index contributed by atoms with van der Waals surface area (Å²) in [4.78, 5) is 15.7. The van der Waals surface area contributed by atoms with Crippen LogP contribution in [0.3, 0.4) is 0 Å². The SMILES string of the molecule is O=C(Nc1cc(Br)cnc1Cl)C1CCOC1. The number of halogens is 2. The number of carbonyl (C=O) groups is 1. The van der Waals surface area contributed by atoms with Gasteiger partial charge in [-0.25, -0.2) is 4.98 Å². The van der Waals surface area contributed by atoms with Crippen LogP contribution in [-0.2, 0) is 9.53 Å². The van der Waals surface area contributed by atoms with E-state index < -0.39 is 0 Å². The molecule has 86 valence electrons. The first-order valence-electron chi connectivity index (χ1n) is 4.86. The first-order chi connectivity index (χ1) is 7.66. The van der Waals surface area contributed by atoms with Crippen LogP contribution in [0.2, 0.25) is 5.15 Å². The zero-order valence-corrected chi connectivity index (χ0v) is 10.7. The van der Waals surface area contributed by atoms with Gasteiger partial charge in [0.2, 0.25) is 5.91 Å². The van der Waals surface area contributed by atoms with Crippen molar-refractivity contribution in [3.8, 4) is 0 Å². The van der Waals surface area contributed by atoms with Crippen molar-refractivity contribution in [2.75, 3.05) is 18.5 Å². The molecule has 6 heteroatoms. The molecule has 1 atom stereocenters. The number of nitrogens with zero attached hydrogens (tertiary/aromatic N) is 1. The summed E-state index contributed by atoms with van der Waals surface area (Å²) >= 11 is 9.14. The minimum atomic E-state index is -0.0879. The molecule has 1 amide bonds. The molecule has 1 aliphatic heterocycles. The number of pyridine rings is 1. The summed E-state index contributed by atoms with van der Waals surface area (Å²) < 4.78 is 5.92. The van der Waals surface area contributed by atoms with Crippen LogP contribution in [0, 0.1) is 5.92 Å². The van der Waals surface area contributed by atoms with Crippen LogP contribution in [0.4, 0.5) is 5.69 Å². The second-order valence-electron chi connectivity index (χ2n) is 3.54. The van der Waals surface area contributed by atoms with E-state index in [0.717, 1.165) is 10.9 Å². The van der Waals surface area contributed by atoms with Gasteiger partial charge in [0, 0.05) is 17.3 Å². The lowest BCUT2D eigenvalue weighted by Gasteiger charge is -2.10. The molecule has 4 nitrogen and oxygen atoms in total. The molecular formula is C10H10BrClN2O2. The zero-order valence-electron chi connectivity index (χ0n) is 8.37. The van der Waals surface area contributed by atoms with E-state index in [9.17, 15) is 4.79 Å². The Bertz CT molecular complexity index is 408. The van der Waals surface area contributed by atoms with Gasteiger partial charge in [-0.2, -0.15) is 0 Å². The van der Waals surface area contributed by atoms with Crippen LogP contribution in [0.15, 0.2) is 16.7 Å². The van der Waals surface area contributed by atoms with Crippen LogP contribution in [0.1, 0.15) is 6.42 Å². The van der Waals surface area contributed by atoms with Crippen molar-refractivity contribution >= 4 is 39.1 Å². The van der Waals surface area contributed by atoms with Crippen molar-refractivity contribution in [1.29, 1.82) is 0 Å². The number of aromatic nitrogens is 1. The highest BCUT2D eigenvalue weighted by atomic mass is 79.9. The number of anilines is 1. The molecule has 1 fully saturated rings. The van der Waals surface area contributed by atoms with Crippen LogP contribution in [0.5, 0.6) is 0 Å². The normalized spacial score (nSPS) is 19.8. The monoisotopic (exact) mass is 304 g/mol. The molecule has 16 heavy (non-hydrogen) atoms. The Morgan fingerprint density at radius 3 is 3.19 bits per heavy atom. The number of hydrogen-bond donors (Lipinski definition) is 1. The minimum Gasteiger partial charge on any atom is -0.381 e. The molecule has 2 rings (SSSR count). The van der Waals surface area contributed by atoms with Crippen molar-refractivity contribution in [1.82, 2.24) is 4.98 Å². The number of rotatable bonds is 2. The van der Waals surface area contributed by atoms with Gasteiger partial charge < -0.3 is 10.1 Å². The Kier molecular flexibility index (Phi) is 3.78. The summed E-state index contributed by atoms with van der Waals surface area (Å²) in [5, 5.41) is 3.04. The number of hydrogen-bond acceptors (Lipinski definition) is 3. The van der Waals surface area contributed by atoms with Crippen LogP contribution < -0.4 is 5.32 Å². The number of amides is 1. The smallest absolute Gasteiger partial charge is 0.229 e. The fraction of sp³-hybridized carbons (Fsp3) is 0.400. The third-order valence-corrected chi connectivity index (χ3v) is 3.10. The Hall–Kier alpha value is -0.650. The summed E-state index contributed by atoms with van der Waals surface area (Å²) in [5.74, 6) is -0.158.